The second-order valence-corrected chi connectivity index (χ2v) is 10.7. The van der Waals surface area contributed by atoms with Crippen LogP contribution in [0.2, 0.25) is 0 Å². The molecule has 206 valence electrons. The number of furan rings is 1. The van der Waals surface area contributed by atoms with Gasteiger partial charge in [-0.2, -0.15) is 0 Å². The second kappa shape index (κ2) is 11.5. The molecule has 1 unspecified atom stereocenters. The van der Waals surface area contributed by atoms with Crippen molar-refractivity contribution in [3.05, 3.63) is 58.8 Å². The molecule has 9 heteroatoms. The van der Waals surface area contributed by atoms with Crippen molar-refractivity contribution >= 4 is 34.4 Å². The number of benzene rings is 2. The Morgan fingerprint density at radius 2 is 1.90 bits per heavy atom. The van der Waals surface area contributed by atoms with E-state index in [0.717, 1.165) is 48.1 Å². The average Bonchev–Trinajstić information content (AvgIpc) is 3.32. The minimum atomic E-state index is -0.428. The number of imide groups is 1. The monoisotopic (exact) mass is 532 g/mol. The fourth-order valence-corrected chi connectivity index (χ4v) is 5.70. The van der Waals surface area contributed by atoms with Crippen LogP contribution in [-0.2, 0) is 14.4 Å². The van der Waals surface area contributed by atoms with Gasteiger partial charge >= 0.3 is 0 Å². The smallest absolute Gasteiger partial charge is 0.234 e. The molecule has 2 aromatic carbocycles. The zero-order valence-corrected chi connectivity index (χ0v) is 22.5. The Morgan fingerprint density at radius 1 is 1.10 bits per heavy atom. The van der Waals surface area contributed by atoms with Crippen LogP contribution in [-0.4, -0.2) is 55.4 Å². The quantitative estimate of drug-likeness (QED) is 0.230. The summed E-state index contributed by atoms with van der Waals surface area (Å²) in [6.07, 6.45) is 4.39. The summed E-state index contributed by atoms with van der Waals surface area (Å²) in [5.74, 6) is 0.137. The third-order valence-electron chi connectivity index (χ3n) is 7.93. The van der Waals surface area contributed by atoms with E-state index < -0.39 is 5.92 Å². The van der Waals surface area contributed by atoms with Crippen molar-refractivity contribution in [1.82, 2.24) is 15.5 Å². The maximum absolute atomic E-state index is 12.5. The van der Waals surface area contributed by atoms with E-state index in [2.05, 4.69) is 41.5 Å². The molecule has 4 N–H and O–H groups in total. The number of nitrogens with one attached hydrogen (secondary N) is 2. The molecule has 2 saturated heterocycles. The van der Waals surface area contributed by atoms with Gasteiger partial charge in [0, 0.05) is 23.1 Å². The predicted molar refractivity (Wildman–Crippen MR) is 149 cm³/mol. The lowest BCUT2D eigenvalue weighted by Crippen LogP contribution is -2.42. The third kappa shape index (κ3) is 6.09. The molecule has 2 aliphatic rings. The van der Waals surface area contributed by atoms with Crippen LogP contribution in [0.15, 0.2) is 41.0 Å². The van der Waals surface area contributed by atoms with Gasteiger partial charge < -0.3 is 20.2 Å². The number of carbonyl (C=O) groups is 3. The summed E-state index contributed by atoms with van der Waals surface area (Å²) in [5, 5.41) is 6.13. The summed E-state index contributed by atoms with van der Waals surface area (Å²) in [7, 11) is 0. The first kappa shape index (κ1) is 26.7. The molecule has 39 heavy (non-hydrogen) atoms. The normalized spacial score (nSPS) is 18.8. The van der Waals surface area contributed by atoms with Crippen molar-refractivity contribution in [1.29, 1.82) is 0 Å². The van der Waals surface area contributed by atoms with Crippen LogP contribution >= 0.6 is 0 Å². The average molecular weight is 533 g/mol. The molecule has 0 spiro atoms. The number of hydrogen-bond donors (Lipinski definition) is 3. The molecular weight excluding hydrogens is 496 g/mol. The maximum atomic E-state index is 12.5. The number of fused-ring (bicyclic) bond motifs is 1. The van der Waals surface area contributed by atoms with Gasteiger partial charge in [0.2, 0.25) is 17.7 Å². The van der Waals surface area contributed by atoms with Crippen molar-refractivity contribution in [3.63, 3.8) is 0 Å². The SMILES string of the molecule is Cc1cc(C2CCN(CC(=O)NCCOc3ccc4occ(C5CCC(=O)NC5=O)c4c3)CC2)c(C)cc1N. The van der Waals surface area contributed by atoms with E-state index >= 15 is 0 Å². The number of ether oxygens (including phenoxy) is 1. The van der Waals surface area contributed by atoms with Crippen LogP contribution in [0, 0.1) is 13.8 Å². The van der Waals surface area contributed by atoms with Gasteiger partial charge in [0.15, 0.2) is 0 Å². The molecule has 1 atom stereocenters. The number of nitrogens with zero attached hydrogens (tertiary/aromatic N) is 1. The van der Waals surface area contributed by atoms with Gasteiger partial charge in [-0.05, 0) is 93.1 Å². The van der Waals surface area contributed by atoms with Gasteiger partial charge in [-0.1, -0.05) is 6.07 Å². The number of amides is 3. The topological polar surface area (TPSA) is 127 Å². The summed E-state index contributed by atoms with van der Waals surface area (Å²) in [5.41, 5.74) is 12.0. The summed E-state index contributed by atoms with van der Waals surface area (Å²) >= 11 is 0. The Labute approximate surface area is 228 Å². The van der Waals surface area contributed by atoms with Crippen molar-refractivity contribution in [2.45, 2.75) is 51.4 Å². The number of piperidine rings is 2. The first-order valence-corrected chi connectivity index (χ1v) is 13.6. The summed E-state index contributed by atoms with van der Waals surface area (Å²) in [6, 6.07) is 9.73. The number of rotatable bonds is 8. The largest absolute Gasteiger partial charge is 0.492 e. The molecule has 9 nitrogen and oxygen atoms in total. The van der Waals surface area contributed by atoms with Crippen molar-refractivity contribution in [3.8, 4) is 5.75 Å². The van der Waals surface area contributed by atoms with E-state index in [0.29, 0.717) is 49.8 Å². The highest BCUT2D eigenvalue weighted by molar-refractivity contribution is 6.02. The Morgan fingerprint density at radius 3 is 2.67 bits per heavy atom. The summed E-state index contributed by atoms with van der Waals surface area (Å²) in [6.45, 7) is 7.04. The number of anilines is 1. The molecule has 3 heterocycles. The molecule has 0 saturated carbocycles. The Kier molecular flexibility index (Phi) is 7.88. The molecule has 3 aromatic rings. The van der Waals surface area contributed by atoms with E-state index in [1.807, 2.05) is 6.07 Å². The van der Waals surface area contributed by atoms with Gasteiger partial charge in [0.05, 0.1) is 25.3 Å². The zero-order chi connectivity index (χ0) is 27.5. The molecule has 5 rings (SSSR count). The molecule has 0 radical (unpaired) electrons. The van der Waals surface area contributed by atoms with Crippen molar-refractivity contribution < 1.29 is 23.5 Å². The van der Waals surface area contributed by atoms with Crippen LogP contribution in [0.25, 0.3) is 11.0 Å². The molecule has 1 aromatic heterocycles. The van der Waals surface area contributed by atoms with Crippen LogP contribution in [0.5, 0.6) is 5.75 Å². The van der Waals surface area contributed by atoms with Crippen LogP contribution < -0.4 is 21.1 Å². The number of nitrogens with two attached hydrogens (primary N) is 1. The summed E-state index contributed by atoms with van der Waals surface area (Å²) in [4.78, 5) is 38.5. The molecule has 0 bridgehead atoms. The minimum absolute atomic E-state index is 0.0120. The highest BCUT2D eigenvalue weighted by Gasteiger charge is 2.30. The number of aryl methyl sites for hydroxylation is 2. The number of carbonyl (C=O) groups excluding carboxylic acids is 3. The predicted octanol–water partition coefficient (Wildman–Crippen LogP) is 3.53. The molecule has 2 aliphatic heterocycles. The van der Waals surface area contributed by atoms with Gasteiger partial charge in [0.25, 0.3) is 0 Å². The lowest BCUT2D eigenvalue weighted by molar-refractivity contribution is -0.134. The minimum Gasteiger partial charge on any atom is -0.492 e. The standard InChI is InChI=1S/C30H36N4O5/c1-18-14-26(31)19(2)13-23(18)20-7-10-34(11-8-20)16-29(36)32-9-12-38-21-3-5-27-24(15-21)25(17-39-27)22-4-6-28(35)33-30(22)37/h3,5,13-15,17,20,22H,4,6-12,16,31H2,1-2H3,(H,32,36)(H,33,35,37). The highest BCUT2D eigenvalue weighted by Crippen LogP contribution is 2.35. The fourth-order valence-electron chi connectivity index (χ4n) is 5.70. The van der Waals surface area contributed by atoms with Crippen LogP contribution in [0.4, 0.5) is 5.69 Å². The highest BCUT2D eigenvalue weighted by atomic mass is 16.5. The molecular formula is C30H36N4O5. The Hall–Kier alpha value is -3.85. The molecule has 2 fully saturated rings. The van der Waals surface area contributed by atoms with E-state index in [1.165, 1.54) is 11.1 Å². The fraction of sp³-hybridized carbons (Fsp3) is 0.433. The van der Waals surface area contributed by atoms with E-state index in [4.69, 9.17) is 14.9 Å². The van der Waals surface area contributed by atoms with Crippen molar-refractivity contribution in [2.75, 3.05) is 38.5 Å². The maximum Gasteiger partial charge on any atom is 0.234 e. The van der Waals surface area contributed by atoms with Gasteiger partial charge in [-0.3, -0.25) is 24.6 Å². The lowest BCUT2D eigenvalue weighted by atomic mass is 9.85. The Bertz CT molecular complexity index is 1390. The van der Waals surface area contributed by atoms with Gasteiger partial charge in [-0.25, -0.2) is 0 Å². The number of likely N-dealkylation sites (tertiary alicyclic amines) is 1. The van der Waals surface area contributed by atoms with E-state index in [9.17, 15) is 14.4 Å². The second-order valence-electron chi connectivity index (χ2n) is 10.7. The van der Waals surface area contributed by atoms with E-state index in [-0.39, 0.29) is 17.7 Å². The molecule has 0 aliphatic carbocycles. The van der Waals surface area contributed by atoms with Crippen molar-refractivity contribution in [2.24, 2.45) is 0 Å². The first-order chi connectivity index (χ1) is 18.8. The summed E-state index contributed by atoms with van der Waals surface area (Å²) < 4.78 is 11.5. The molecule has 3 amide bonds. The first-order valence-electron chi connectivity index (χ1n) is 13.6. The van der Waals surface area contributed by atoms with Crippen LogP contribution in [0.1, 0.15) is 59.8 Å². The third-order valence-corrected chi connectivity index (χ3v) is 7.93. The van der Waals surface area contributed by atoms with Crippen LogP contribution in [0.3, 0.4) is 0 Å². The Balaban J connectivity index is 1.07. The van der Waals surface area contributed by atoms with Gasteiger partial charge in [0.1, 0.15) is 17.9 Å². The van der Waals surface area contributed by atoms with E-state index in [1.54, 1.807) is 18.4 Å². The zero-order valence-electron chi connectivity index (χ0n) is 22.5. The number of nitrogen functional groups attached to an aromatic ring is 1. The van der Waals surface area contributed by atoms with Gasteiger partial charge in [-0.15, -0.1) is 0 Å². The number of hydrogen-bond acceptors (Lipinski definition) is 7. The lowest BCUT2D eigenvalue weighted by Gasteiger charge is -2.32.